The number of nitrogens with zero attached hydrogens (tertiary/aromatic N) is 3. The van der Waals surface area contributed by atoms with Crippen LogP contribution in [0.2, 0.25) is 0 Å². The minimum Gasteiger partial charge on any atom is -0.370 e. The number of carbonyl (C=O) groups is 2. The molecule has 0 saturated carbocycles. The number of carbonyl (C=O) groups excluding carboxylic acids is 2. The number of nitrogens with one attached hydrogen (secondary N) is 4. The molecule has 0 saturated heterocycles. The average molecular weight is 982 g/mol. The minimum absolute atomic E-state index is 0.0471. The number of amides is 2. The highest BCUT2D eigenvalue weighted by molar-refractivity contribution is 7.81. The van der Waals surface area contributed by atoms with Crippen LogP contribution < -0.4 is 36.9 Å². The highest BCUT2D eigenvalue weighted by Gasteiger charge is 2.34. The molecule has 4 unspecified atom stereocenters. The Morgan fingerprint density at radius 1 is 0.831 bits per heavy atom. The summed E-state index contributed by atoms with van der Waals surface area (Å²) in [5, 5.41) is 11.6. The van der Waals surface area contributed by atoms with E-state index in [2.05, 4.69) is 59.5 Å². The third kappa shape index (κ3) is 26.2. The molecule has 4 atom stereocenters. The predicted molar refractivity (Wildman–Crippen MR) is 247 cm³/mol. The second-order valence-corrected chi connectivity index (χ2v) is 18.5. The van der Waals surface area contributed by atoms with E-state index in [0.717, 1.165) is 36.6 Å². The Hall–Kier alpha value is -4.67. The zero-order chi connectivity index (χ0) is 49.5. The maximum absolute atomic E-state index is 14.1. The molecule has 0 bridgehead atoms. The summed E-state index contributed by atoms with van der Waals surface area (Å²) in [5.41, 5.74) is 14.8. The molecule has 1 rings (SSSR count). The van der Waals surface area contributed by atoms with E-state index < -0.39 is 85.2 Å². The first kappa shape index (κ1) is 58.3. The van der Waals surface area contributed by atoms with Gasteiger partial charge in [-0.1, -0.05) is 41.0 Å². The molecule has 0 aliphatic rings. The molecule has 0 aliphatic heterocycles. The zero-order valence-corrected chi connectivity index (χ0v) is 40.6. The molecule has 0 spiro atoms. The van der Waals surface area contributed by atoms with Crippen LogP contribution in [0, 0.1) is 0 Å². The van der Waals surface area contributed by atoms with Crippen molar-refractivity contribution >= 4 is 54.9 Å². The highest BCUT2D eigenvalue weighted by atomic mass is 32.3. The SMILES string of the molecule is CNC(CCCNC(N)=NCC=C(C)CCC=C(C)C)C(=O)N(C)C(CCCNC(N)=NCC=C(C)C)C(=O)NC(C)C(OS(=O)(=O)O)c1ccc(OS(=O)(=O)O)c(COS(=O)(=O)O)c1. The molecule has 0 fully saturated rings. The largest absolute Gasteiger partial charge is 0.446 e. The molecule has 0 radical (unpaired) electrons. The van der Waals surface area contributed by atoms with Crippen molar-refractivity contribution in [2.24, 2.45) is 21.5 Å². The van der Waals surface area contributed by atoms with Gasteiger partial charge in [0.25, 0.3) is 0 Å². The van der Waals surface area contributed by atoms with Gasteiger partial charge in [0.15, 0.2) is 17.7 Å². The van der Waals surface area contributed by atoms with Gasteiger partial charge < -0.3 is 41.8 Å². The van der Waals surface area contributed by atoms with Crippen molar-refractivity contribution in [1.82, 2.24) is 26.2 Å². The van der Waals surface area contributed by atoms with Crippen LogP contribution in [0.25, 0.3) is 0 Å². The van der Waals surface area contributed by atoms with Crippen LogP contribution in [0.4, 0.5) is 0 Å². The minimum atomic E-state index is -5.29. The standard InChI is InChI=1S/C39H67N9O14S3/c1-26(2)12-9-13-28(5)19-23-46-39(41)43-20-10-14-32(42-7)37(50)48(8)33(15-11-21-44-38(40)45-22-18-27(3)4)36(49)47-29(6)35(62-65(57,58)59)30-16-17-34(61-64(54,55)56)31(24-30)25-60-63(51,52)53/h12,16-19,24,29,32-33,35,42H,9-11,13-15,20-23,25H2,1-8H3,(H,47,49)(H3,40,44,45)(H3,41,43,46)(H,51,52,53)(H,54,55,56)(H,57,58,59). The van der Waals surface area contributed by atoms with Crippen molar-refractivity contribution in [2.45, 2.75) is 111 Å². The molecule has 0 aliphatic carbocycles. The van der Waals surface area contributed by atoms with Crippen molar-refractivity contribution in [2.75, 3.05) is 40.3 Å². The van der Waals surface area contributed by atoms with Gasteiger partial charge in [-0.15, -0.1) is 0 Å². The Kier molecular flexibility index (Phi) is 25.5. The first-order chi connectivity index (χ1) is 30.1. The number of likely N-dealkylation sites (N-methyl/N-ethyl adjacent to an activating group) is 2. The molecule has 65 heavy (non-hydrogen) atoms. The second-order valence-electron chi connectivity index (χ2n) is 15.4. The van der Waals surface area contributed by atoms with E-state index in [4.69, 9.17) is 20.2 Å². The Morgan fingerprint density at radius 3 is 1.92 bits per heavy atom. The van der Waals surface area contributed by atoms with Crippen LogP contribution in [0.15, 0.2) is 63.1 Å². The maximum atomic E-state index is 14.1. The van der Waals surface area contributed by atoms with Gasteiger partial charge in [0.2, 0.25) is 11.8 Å². The van der Waals surface area contributed by atoms with Gasteiger partial charge in [0.1, 0.15) is 12.1 Å². The summed E-state index contributed by atoms with van der Waals surface area (Å²) in [4.78, 5) is 37.9. The summed E-state index contributed by atoms with van der Waals surface area (Å²) in [6.07, 6.45) is 7.21. The van der Waals surface area contributed by atoms with E-state index in [-0.39, 0.29) is 36.9 Å². The third-order valence-electron chi connectivity index (χ3n) is 9.28. The summed E-state index contributed by atoms with van der Waals surface area (Å²) in [7, 11) is -12.6. The fourth-order valence-electron chi connectivity index (χ4n) is 5.93. The summed E-state index contributed by atoms with van der Waals surface area (Å²) in [5.74, 6) is -1.56. The number of hydrogen-bond acceptors (Lipinski definition) is 14. The monoisotopic (exact) mass is 981 g/mol. The first-order valence-electron chi connectivity index (χ1n) is 20.4. The fraction of sp³-hybridized carbons (Fsp3) is 0.590. The zero-order valence-electron chi connectivity index (χ0n) is 38.1. The van der Waals surface area contributed by atoms with Crippen molar-refractivity contribution < 1.29 is 61.0 Å². The number of aliphatic imine (C=N–C) groups is 2. The molecule has 1 aromatic carbocycles. The molecule has 0 aromatic heterocycles. The molecule has 2 amide bonds. The Bertz CT molecular complexity index is 2210. The van der Waals surface area contributed by atoms with Gasteiger partial charge in [0, 0.05) is 25.7 Å². The van der Waals surface area contributed by atoms with E-state index >= 15 is 0 Å². The number of benzene rings is 1. The summed E-state index contributed by atoms with van der Waals surface area (Å²) >= 11 is 0. The number of allylic oxidation sites excluding steroid dienone is 4. The van der Waals surface area contributed by atoms with Crippen LogP contribution in [0.1, 0.15) is 97.3 Å². The van der Waals surface area contributed by atoms with E-state index in [9.17, 15) is 43.9 Å². The predicted octanol–water partition coefficient (Wildman–Crippen LogP) is 2.00. The number of guanidine groups is 2. The molecular weight excluding hydrogens is 915 g/mol. The van der Waals surface area contributed by atoms with Gasteiger partial charge in [-0.3, -0.25) is 23.2 Å². The highest BCUT2D eigenvalue weighted by Crippen LogP contribution is 2.30. The van der Waals surface area contributed by atoms with Gasteiger partial charge in [-0.2, -0.15) is 25.3 Å². The lowest BCUT2D eigenvalue weighted by Crippen LogP contribution is -2.55. The van der Waals surface area contributed by atoms with Crippen LogP contribution in [-0.4, -0.2) is 126 Å². The number of hydrogen-bond donors (Lipinski definition) is 9. The van der Waals surface area contributed by atoms with Crippen molar-refractivity contribution in [3.63, 3.8) is 0 Å². The Balaban J connectivity index is 3.37. The lowest BCUT2D eigenvalue weighted by molar-refractivity contribution is -0.141. The Labute approximate surface area is 383 Å². The number of rotatable bonds is 29. The quantitative estimate of drug-likeness (QED) is 0.0182. The average Bonchev–Trinajstić information content (AvgIpc) is 3.17. The van der Waals surface area contributed by atoms with Crippen molar-refractivity contribution in [3.8, 4) is 5.75 Å². The van der Waals surface area contributed by atoms with Crippen molar-refractivity contribution in [3.05, 3.63) is 64.3 Å². The lowest BCUT2D eigenvalue weighted by Gasteiger charge is -2.32. The van der Waals surface area contributed by atoms with Gasteiger partial charge in [-0.25, -0.2) is 18.4 Å². The lowest BCUT2D eigenvalue weighted by atomic mass is 9.99. The summed E-state index contributed by atoms with van der Waals surface area (Å²) < 4.78 is 111. The molecule has 0 heterocycles. The van der Waals surface area contributed by atoms with E-state index in [1.54, 1.807) is 7.05 Å². The molecule has 370 valence electrons. The summed E-state index contributed by atoms with van der Waals surface area (Å²) in [6.45, 7) is 11.5. The number of nitrogens with two attached hydrogens (primary N) is 2. The maximum Gasteiger partial charge on any atom is 0.446 e. The molecular formula is C39H67N9O14S3. The van der Waals surface area contributed by atoms with E-state index in [1.165, 1.54) is 30.0 Å². The van der Waals surface area contributed by atoms with Crippen LogP contribution in [-0.2, 0) is 55.8 Å². The van der Waals surface area contributed by atoms with Gasteiger partial charge >= 0.3 is 31.2 Å². The van der Waals surface area contributed by atoms with Gasteiger partial charge in [-0.05, 0) is 105 Å². The fourth-order valence-corrected chi connectivity index (χ4v) is 7.14. The molecule has 1 aromatic rings. The normalized spacial score (nSPS) is 14.7. The molecule has 23 nitrogen and oxygen atoms in total. The molecule has 26 heteroatoms. The topological polar surface area (TPSA) is 353 Å². The molecule has 11 N–H and O–H groups in total. The van der Waals surface area contributed by atoms with Crippen molar-refractivity contribution in [1.29, 1.82) is 0 Å². The Morgan fingerprint density at radius 2 is 1.40 bits per heavy atom. The van der Waals surface area contributed by atoms with Crippen LogP contribution in [0.3, 0.4) is 0 Å². The van der Waals surface area contributed by atoms with E-state index in [1.807, 2.05) is 32.9 Å². The van der Waals surface area contributed by atoms with Crippen LogP contribution >= 0.6 is 0 Å². The smallest absolute Gasteiger partial charge is 0.370 e. The van der Waals surface area contributed by atoms with Gasteiger partial charge in [0.05, 0.1) is 31.8 Å². The van der Waals surface area contributed by atoms with Crippen LogP contribution in [0.5, 0.6) is 5.75 Å². The third-order valence-corrected chi connectivity index (χ3v) is 10.5. The first-order valence-corrected chi connectivity index (χ1v) is 24.5. The van der Waals surface area contributed by atoms with E-state index in [0.29, 0.717) is 32.5 Å². The summed E-state index contributed by atoms with van der Waals surface area (Å²) in [6, 6.07) is -0.519. The second kappa shape index (κ2) is 28.4.